The van der Waals surface area contributed by atoms with Crippen LogP contribution < -0.4 is 4.74 Å². The van der Waals surface area contributed by atoms with Crippen LogP contribution in [0.2, 0.25) is 0 Å². The number of hydrogen-bond acceptors (Lipinski definition) is 8. The fourth-order valence-electron chi connectivity index (χ4n) is 3.27. The summed E-state index contributed by atoms with van der Waals surface area (Å²) in [6.45, 7) is -0.214. The molecule has 1 aromatic carbocycles. The van der Waals surface area contributed by atoms with Gasteiger partial charge in [0.25, 0.3) is 0 Å². The number of methoxy groups -OCH3 is 1. The Bertz CT molecular complexity index is 1250. The van der Waals surface area contributed by atoms with Crippen molar-refractivity contribution in [2.45, 2.75) is 24.0 Å². The lowest BCUT2D eigenvalue weighted by molar-refractivity contribution is -0.153. The standard InChI is InChI=1S/C23H25F3N4O6S/c1-15-17(27-9-8-19(15)36-14-23(24,25)26)13-37(33)21-28-16-6-4-5-7-18(16)30(21)22(32)29(2)10-11-35-20(31)12-34-3/h4-9H,10-14H2,1-3H3/t37-/m1/s1. The van der Waals surface area contributed by atoms with Crippen LogP contribution in [0.25, 0.3) is 11.0 Å². The Morgan fingerprint density at radius 2 is 1.95 bits per heavy atom. The van der Waals surface area contributed by atoms with Crippen LogP contribution >= 0.6 is 0 Å². The van der Waals surface area contributed by atoms with Crippen LogP contribution in [0.4, 0.5) is 18.0 Å². The summed E-state index contributed by atoms with van der Waals surface area (Å²) in [5.41, 5.74) is 1.36. The zero-order valence-corrected chi connectivity index (χ0v) is 21.1. The van der Waals surface area contributed by atoms with E-state index in [0.717, 1.165) is 0 Å². The van der Waals surface area contributed by atoms with Crippen LogP contribution in [-0.4, -0.2) is 82.7 Å². The minimum atomic E-state index is -4.52. The molecule has 37 heavy (non-hydrogen) atoms. The van der Waals surface area contributed by atoms with E-state index in [2.05, 4.69) is 14.7 Å². The van der Waals surface area contributed by atoms with Crippen molar-refractivity contribution < 1.29 is 41.5 Å². The number of benzene rings is 1. The van der Waals surface area contributed by atoms with Crippen LogP contribution in [0.15, 0.2) is 41.7 Å². The number of ether oxygens (including phenoxy) is 3. The Labute approximate surface area is 213 Å². The molecule has 1 atom stereocenters. The highest BCUT2D eigenvalue weighted by atomic mass is 32.2. The van der Waals surface area contributed by atoms with Crippen molar-refractivity contribution in [3.8, 4) is 5.75 Å². The maximum absolute atomic E-state index is 13.4. The summed E-state index contributed by atoms with van der Waals surface area (Å²) in [6, 6.07) is 7.43. The average molecular weight is 543 g/mol. The van der Waals surface area contributed by atoms with E-state index in [4.69, 9.17) is 9.47 Å². The van der Waals surface area contributed by atoms with Crippen molar-refractivity contribution in [1.29, 1.82) is 0 Å². The summed E-state index contributed by atoms with van der Waals surface area (Å²) < 4.78 is 66.9. The first-order valence-electron chi connectivity index (χ1n) is 10.9. The molecule has 0 aliphatic carbocycles. The third kappa shape index (κ3) is 7.33. The van der Waals surface area contributed by atoms with Crippen molar-refractivity contribution in [2.75, 3.05) is 40.5 Å². The highest BCUT2D eigenvalue weighted by Crippen LogP contribution is 2.27. The van der Waals surface area contributed by atoms with E-state index >= 15 is 0 Å². The van der Waals surface area contributed by atoms with E-state index < -0.39 is 36.0 Å². The number of likely N-dealkylation sites (N-methyl/N-ethyl adjacent to an activating group) is 1. The molecule has 14 heteroatoms. The number of amides is 1. The lowest BCUT2D eigenvalue weighted by Gasteiger charge is -2.19. The molecule has 0 unspecified atom stereocenters. The summed E-state index contributed by atoms with van der Waals surface area (Å²) in [5.74, 6) is -0.835. The summed E-state index contributed by atoms with van der Waals surface area (Å²) in [7, 11) is 2.84. The van der Waals surface area contributed by atoms with E-state index in [1.165, 1.54) is 42.8 Å². The number of rotatable bonds is 10. The Hall–Kier alpha value is -3.36. The maximum Gasteiger partial charge on any atom is 0.422 e. The number of carbonyl (C=O) groups excluding carboxylic acids is 2. The number of carbonyl (C=O) groups is 2. The number of pyridine rings is 1. The number of halogens is 3. The van der Waals surface area contributed by atoms with E-state index in [1.807, 2.05) is 0 Å². The molecule has 0 aliphatic heterocycles. The normalized spacial score (nSPS) is 12.4. The third-order valence-electron chi connectivity index (χ3n) is 5.12. The monoisotopic (exact) mass is 542 g/mol. The molecule has 0 aliphatic rings. The minimum absolute atomic E-state index is 0.0355. The second-order valence-corrected chi connectivity index (χ2v) is 9.20. The highest BCUT2D eigenvalue weighted by Gasteiger charge is 2.31. The fraction of sp³-hybridized carbons (Fsp3) is 0.391. The Morgan fingerprint density at radius 3 is 2.65 bits per heavy atom. The predicted octanol–water partition coefficient (Wildman–Crippen LogP) is 3.08. The van der Waals surface area contributed by atoms with Crippen molar-refractivity contribution >= 4 is 34.2 Å². The van der Waals surface area contributed by atoms with Crippen LogP contribution in [0.5, 0.6) is 5.75 Å². The Kier molecular flexibility index (Phi) is 9.34. The van der Waals surface area contributed by atoms with Gasteiger partial charge in [-0.25, -0.2) is 14.2 Å². The third-order valence-corrected chi connectivity index (χ3v) is 6.34. The molecule has 2 heterocycles. The molecule has 0 bridgehead atoms. The first-order valence-corrected chi connectivity index (χ1v) is 12.2. The van der Waals surface area contributed by atoms with Gasteiger partial charge in [-0.05, 0) is 25.1 Å². The molecule has 3 rings (SSSR count). The molecule has 0 spiro atoms. The van der Waals surface area contributed by atoms with Crippen molar-refractivity contribution in [2.24, 2.45) is 0 Å². The van der Waals surface area contributed by atoms with Gasteiger partial charge in [0.05, 0.1) is 23.3 Å². The van der Waals surface area contributed by atoms with Gasteiger partial charge in [0.15, 0.2) is 12.4 Å². The first-order chi connectivity index (χ1) is 17.5. The molecule has 0 N–H and O–H groups in total. The number of para-hydroxylation sites is 2. The summed E-state index contributed by atoms with van der Waals surface area (Å²) >= 11 is -1.91. The number of fused-ring (bicyclic) bond motifs is 1. The summed E-state index contributed by atoms with van der Waals surface area (Å²) in [6.07, 6.45) is -3.25. The quantitative estimate of drug-likeness (QED) is 0.283. The molecule has 0 saturated heterocycles. The van der Waals surface area contributed by atoms with Crippen LogP contribution in [-0.2, 0) is 31.2 Å². The Balaban J connectivity index is 1.83. The number of hydrogen-bond donors (Lipinski definition) is 0. The summed E-state index contributed by atoms with van der Waals surface area (Å²) in [4.78, 5) is 34.6. The van der Waals surface area contributed by atoms with Crippen molar-refractivity contribution in [1.82, 2.24) is 19.4 Å². The Morgan fingerprint density at radius 1 is 1.22 bits per heavy atom. The zero-order valence-electron chi connectivity index (χ0n) is 20.3. The molecule has 0 fully saturated rings. The number of alkyl halides is 3. The van der Waals surface area contributed by atoms with Crippen LogP contribution in [0.1, 0.15) is 11.3 Å². The lowest BCUT2D eigenvalue weighted by Crippen LogP contribution is -2.35. The molecule has 3 aromatic rings. The number of imidazole rings is 1. The van der Waals surface area contributed by atoms with E-state index in [9.17, 15) is 27.3 Å². The van der Waals surface area contributed by atoms with Gasteiger partial charge in [-0.15, -0.1) is 0 Å². The van der Waals surface area contributed by atoms with Gasteiger partial charge in [-0.1, -0.05) is 12.1 Å². The van der Waals surface area contributed by atoms with E-state index in [0.29, 0.717) is 16.6 Å². The number of nitrogens with zero attached hydrogens (tertiary/aromatic N) is 4. The SMILES string of the molecule is COCC(=O)OCCN(C)C(=O)n1c([S@+]([O-])Cc2nccc(OCC(F)(F)F)c2C)nc2ccccc21. The molecule has 0 saturated carbocycles. The van der Waals surface area contributed by atoms with Gasteiger partial charge in [0, 0.05) is 37.1 Å². The topological polar surface area (TPSA) is 119 Å². The lowest BCUT2D eigenvalue weighted by atomic mass is 10.2. The molecular formula is C23H25F3N4O6S. The van der Waals surface area contributed by atoms with Gasteiger partial charge in [-0.2, -0.15) is 18.2 Å². The second kappa shape index (κ2) is 12.3. The smallest absolute Gasteiger partial charge is 0.422 e. The van der Waals surface area contributed by atoms with Gasteiger partial charge in [0.2, 0.25) is 0 Å². The van der Waals surface area contributed by atoms with Crippen LogP contribution in [0, 0.1) is 6.92 Å². The average Bonchev–Trinajstić information content (AvgIpc) is 3.23. The molecule has 10 nitrogen and oxygen atoms in total. The molecule has 0 radical (unpaired) electrons. The molecule has 200 valence electrons. The predicted molar refractivity (Wildman–Crippen MR) is 127 cm³/mol. The number of aromatic nitrogens is 3. The molecule has 2 aromatic heterocycles. The van der Waals surface area contributed by atoms with Gasteiger partial charge in [0.1, 0.15) is 19.0 Å². The van der Waals surface area contributed by atoms with Crippen LogP contribution in [0.3, 0.4) is 0 Å². The fourth-order valence-corrected chi connectivity index (χ4v) is 4.52. The van der Waals surface area contributed by atoms with Gasteiger partial charge < -0.3 is 23.7 Å². The first kappa shape index (κ1) is 28.2. The molecule has 1 amide bonds. The van der Waals surface area contributed by atoms with E-state index in [1.54, 1.807) is 24.3 Å². The van der Waals surface area contributed by atoms with Crippen molar-refractivity contribution in [3.63, 3.8) is 0 Å². The maximum atomic E-state index is 13.4. The largest absolute Gasteiger partial charge is 0.609 e. The zero-order chi connectivity index (χ0) is 27.2. The second-order valence-electron chi connectivity index (χ2n) is 7.85. The van der Waals surface area contributed by atoms with Crippen molar-refractivity contribution in [3.05, 3.63) is 47.8 Å². The molecular weight excluding hydrogens is 517 g/mol. The highest BCUT2D eigenvalue weighted by molar-refractivity contribution is 7.90. The van der Waals surface area contributed by atoms with Gasteiger partial charge in [-0.3, -0.25) is 4.98 Å². The minimum Gasteiger partial charge on any atom is -0.609 e. The van der Waals surface area contributed by atoms with E-state index in [-0.39, 0.29) is 42.1 Å². The van der Waals surface area contributed by atoms with Gasteiger partial charge >= 0.3 is 23.3 Å². The number of esters is 1. The summed E-state index contributed by atoms with van der Waals surface area (Å²) in [5, 5.41) is -0.0581.